The van der Waals surface area contributed by atoms with Crippen LogP contribution in [0.3, 0.4) is 0 Å². The highest BCUT2D eigenvalue weighted by Crippen LogP contribution is 2.15. The minimum Gasteiger partial charge on any atom is -0.497 e. The van der Waals surface area contributed by atoms with Crippen LogP contribution in [0.5, 0.6) is 5.75 Å². The fraction of sp³-hybridized carbons (Fsp3) is 0.515. The molecule has 1 aliphatic heterocycles. The Morgan fingerprint density at radius 3 is 2.34 bits per heavy atom. The highest BCUT2D eigenvalue weighted by molar-refractivity contribution is 5.87. The molecule has 1 fully saturated rings. The summed E-state index contributed by atoms with van der Waals surface area (Å²) in [5, 5.41) is 6.00. The Morgan fingerprint density at radius 2 is 1.64 bits per heavy atom. The number of methoxy groups -OCH3 is 2. The van der Waals surface area contributed by atoms with Crippen molar-refractivity contribution in [3.63, 3.8) is 0 Å². The first kappa shape index (κ1) is 34.5. The third kappa shape index (κ3) is 12.0. The Hall–Kier alpha value is -3.96. The average Bonchev–Trinajstić information content (AvgIpc) is 3.05. The summed E-state index contributed by atoms with van der Waals surface area (Å²) in [5.41, 5.74) is 8.58. The zero-order valence-electron chi connectivity index (χ0n) is 25.8. The third-order valence-electron chi connectivity index (χ3n) is 7.63. The van der Waals surface area contributed by atoms with Crippen molar-refractivity contribution in [1.82, 2.24) is 15.5 Å². The second-order valence-corrected chi connectivity index (χ2v) is 11.0. The van der Waals surface area contributed by atoms with Crippen LogP contribution in [0, 0.1) is 0 Å². The molecule has 240 valence electrons. The summed E-state index contributed by atoms with van der Waals surface area (Å²) in [4.78, 5) is 52.5. The van der Waals surface area contributed by atoms with Crippen LogP contribution in [0.15, 0.2) is 54.6 Å². The Balaban J connectivity index is 1.71. The molecule has 1 saturated heterocycles. The van der Waals surface area contributed by atoms with E-state index in [0.29, 0.717) is 26.1 Å². The lowest BCUT2D eigenvalue weighted by Gasteiger charge is -2.29. The number of nitrogens with one attached hydrogen (secondary N) is 2. The van der Waals surface area contributed by atoms with E-state index in [-0.39, 0.29) is 38.1 Å². The normalized spacial score (nSPS) is 15.0. The number of ether oxygens (including phenoxy) is 3. The maximum Gasteiger partial charge on any atom is 0.329 e. The number of hydrogen-bond donors (Lipinski definition) is 3. The van der Waals surface area contributed by atoms with Crippen LogP contribution in [-0.4, -0.2) is 80.7 Å². The minimum absolute atomic E-state index is 0.0655. The smallest absolute Gasteiger partial charge is 0.329 e. The number of nitrogens with two attached hydrogens (primary N) is 1. The van der Waals surface area contributed by atoms with E-state index in [1.165, 1.54) is 7.11 Å². The number of benzene rings is 2. The van der Waals surface area contributed by atoms with Gasteiger partial charge in [-0.2, -0.15) is 0 Å². The molecule has 2 amide bonds. The quantitative estimate of drug-likeness (QED) is 0.230. The molecule has 2 aromatic carbocycles. The Labute approximate surface area is 259 Å². The molecule has 1 heterocycles. The first-order valence-electron chi connectivity index (χ1n) is 15.3. The second-order valence-electron chi connectivity index (χ2n) is 11.0. The molecule has 3 atom stereocenters. The van der Waals surface area contributed by atoms with E-state index < -0.39 is 36.0 Å². The summed E-state index contributed by atoms with van der Waals surface area (Å²) in [6.07, 6.45) is 2.57. The highest BCUT2D eigenvalue weighted by Gasteiger charge is 2.30. The van der Waals surface area contributed by atoms with Gasteiger partial charge < -0.3 is 35.5 Å². The maximum atomic E-state index is 13.6. The van der Waals surface area contributed by atoms with Crippen LogP contribution in [0.1, 0.15) is 56.1 Å². The zero-order chi connectivity index (χ0) is 31.7. The first-order chi connectivity index (χ1) is 21.3. The van der Waals surface area contributed by atoms with E-state index >= 15 is 0 Å². The monoisotopic (exact) mass is 610 g/mol. The third-order valence-corrected chi connectivity index (χ3v) is 7.63. The lowest BCUT2D eigenvalue weighted by molar-refractivity contribution is -0.154. The van der Waals surface area contributed by atoms with Crippen molar-refractivity contribution < 1.29 is 33.4 Å². The first-order valence-corrected chi connectivity index (χ1v) is 15.3. The Bertz CT molecular complexity index is 1200. The van der Waals surface area contributed by atoms with Gasteiger partial charge in [0.2, 0.25) is 11.8 Å². The molecule has 3 rings (SSSR count). The molecule has 0 aromatic heterocycles. The van der Waals surface area contributed by atoms with Crippen LogP contribution >= 0.6 is 0 Å². The fourth-order valence-corrected chi connectivity index (χ4v) is 5.07. The summed E-state index contributed by atoms with van der Waals surface area (Å²) in [7, 11) is 2.85. The van der Waals surface area contributed by atoms with Crippen LogP contribution in [0.25, 0.3) is 0 Å². The Kier molecular flexibility index (Phi) is 14.6. The molecule has 1 aliphatic rings. The van der Waals surface area contributed by atoms with Crippen molar-refractivity contribution in [3.8, 4) is 5.75 Å². The van der Waals surface area contributed by atoms with E-state index in [9.17, 15) is 19.2 Å². The number of carbonyl (C=O) groups is 4. The van der Waals surface area contributed by atoms with Gasteiger partial charge in [0, 0.05) is 45.1 Å². The summed E-state index contributed by atoms with van der Waals surface area (Å²) in [6, 6.07) is 15.7. The number of amides is 2. The number of esters is 2. The van der Waals surface area contributed by atoms with E-state index in [0.717, 1.165) is 36.1 Å². The van der Waals surface area contributed by atoms with Crippen molar-refractivity contribution in [3.05, 3.63) is 65.7 Å². The number of likely N-dealkylation sites (tertiary alicyclic amines) is 1. The van der Waals surface area contributed by atoms with Gasteiger partial charge in [-0.3, -0.25) is 14.4 Å². The van der Waals surface area contributed by atoms with Gasteiger partial charge in [-0.1, -0.05) is 42.5 Å². The van der Waals surface area contributed by atoms with Crippen molar-refractivity contribution in [2.75, 3.05) is 33.9 Å². The van der Waals surface area contributed by atoms with Crippen LogP contribution < -0.4 is 21.1 Å². The van der Waals surface area contributed by atoms with Gasteiger partial charge in [-0.25, -0.2) is 4.79 Å². The van der Waals surface area contributed by atoms with Crippen molar-refractivity contribution in [1.29, 1.82) is 0 Å². The van der Waals surface area contributed by atoms with E-state index in [4.69, 9.17) is 15.2 Å². The average molecular weight is 611 g/mol. The van der Waals surface area contributed by atoms with Gasteiger partial charge in [0.25, 0.3) is 0 Å². The topological polar surface area (TPSA) is 149 Å². The van der Waals surface area contributed by atoms with E-state index in [1.807, 2.05) is 54.6 Å². The Morgan fingerprint density at radius 1 is 0.909 bits per heavy atom. The molecule has 2 aromatic rings. The summed E-state index contributed by atoms with van der Waals surface area (Å²) in [5.74, 6) is -1.06. The molecule has 0 bridgehead atoms. The predicted molar refractivity (Wildman–Crippen MR) is 166 cm³/mol. The summed E-state index contributed by atoms with van der Waals surface area (Å²) >= 11 is 0. The second kappa shape index (κ2) is 18.6. The van der Waals surface area contributed by atoms with Gasteiger partial charge in [-0.15, -0.1) is 0 Å². The van der Waals surface area contributed by atoms with Crippen molar-refractivity contribution >= 4 is 23.8 Å². The lowest BCUT2D eigenvalue weighted by Crippen LogP contribution is -2.50. The van der Waals surface area contributed by atoms with Crippen LogP contribution in [0.4, 0.5) is 0 Å². The maximum absolute atomic E-state index is 13.6. The molecule has 11 heteroatoms. The van der Waals surface area contributed by atoms with Crippen LogP contribution in [0.2, 0.25) is 0 Å². The molecule has 0 spiro atoms. The standard InChI is InChI=1S/C33H46N4O7/c1-42-26-13-9-12-25(20-26)22-35-23-29(27(34)21-24-10-5-3-6-11-24)44-33(41)28(36-30(38)15-17-32(40)43-2)14-16-31(39)37-18-7-4-8-19-37/h3,5-6,9-13,20,27-29,35H,4,7-8,14-19,21-23,34H2,1-2H3,(H,36,38)/t27-,28-,29+/m0/s1. The number of rotatable bonds is 17. The van der Waals surface area contributed by atoms with Gasteiger partial charge in [0.05, 0.1) is 20.6 Å². The number of nitrogens with zero attached hydrogens (tertiary/aromatic N) is 1. The molecule has 0 unspecified atom stereocenters. The zero-order valence-corrected chi connectivity index (χ0v) is 25.8. The van der Waals surface area contributed by atoms with Gasteiger partial charge in [0.1, 0.15) is 17.9 Å². The molecular weight excluding hydrogens is 564 g/mol. The molecule has 0 radical (unpaired) electrons. The van der Waals surface area contributed by atoms with E-state index in [1.54, 1.807) is 12.0 Å². The lowest BCUT2D eigenvalue weighted by atomic mass is 10.0. The van der Waals surface area contributed by atoms with Crippen molar-refractivity contribution in [2.24, 2.45) is 5.73 Å². The highest BCUT2D eigenvalue weighted by atomic mass is 16.5. The molecule has 11 nitrogen and oxygen atoms in total. The largest absolute Gasteiger partial charge is 0.497 e. The molecule has 0 saturated carbocycles. The molecule has 0 aliphatic carbocycles. The SMILES string of the molecule is COC(=O)CCC(=O)N[C@@H](CCC(=O)N1CCCCC1)C(=O)O[C@H](CNCc1cccc(OC)c1)[C@@H](N)Cc1ccccc1. The molecule has 4 N–H and O–H groups in total. The fourth-order valence-electron chi connectivity index (χ4n) is 5.07. The predicted octanol–water partition coefficient (Wildman–Crippen LogP) is 2.50. The van der Waals surface area contributed by atoms with E-state index in [2.05, 4.69) is 15.4 Å². The van der Waals surface area contributed by atoms with Gasteiger partial charge >= 0.3 is 11.9 Å². The van der Waals surface area contributed by atoms with Crippen LogP contribution in [-0.2, 0) is 41.6 Å². The summed E-state index contributed by atoms with van der Waals surface area (Å²) in [6.45, 7) is 2.12. The van der Waals surface area contributed by atoms with Gasteiger partial charge in [0.15, 0.2) is 0 Å². The molecule has 44 heavy (non-hydrogen) atoms. The number of carbonyl (C=O) groups excluding carboxylic acids is 4. The minimum atomic E-state index is -1.08. The summed E-state index contributed by atoms with van der Waals surface area (Å²) < 4.78 is 15.9. The van der Waals surface area contributed by atoms with Crippen molar-refractivity contribution in [2.45, 2.75) is 76.1 Å². The van der Waals surface area contributed by atoms with Gasteiger partial charge in [-0.05, 0) is 55.4 Å². The molecular formula is C33H46N4O7. The number of hydrogen-bond acceptors (Lipinski definition) is 9. The number of piperidine rings is 1.